The minimum Gasteiger partial charge on any atom is -0.301 e. The molecule has 0 aliphatic carbocycles. The third-order valence-electron chi connectivity index (χ3n) is 3.78. The van der Waals surface area contributed by atoms with E-state index in [9.17, 15) is 0 Å². The molecule has 0 radical (unpaired) electrons. The Morgan fingerprint density at radius 1 is 1.28 bits per heavy atom. The van der Waals surface area contributed by atoms with Gasteiger partial charge in [0.2, 0.25) is 0 Å². The SMILES string of the molecule is CC(C)N1CCC[C@H](Cc2cnc(Br)cn2)CC1. The first-order valence-corrected chi connectivity index (χ1v) is 7.65. The van der Waals surface area contributed by atoms with Gasteiger partial charge in [-0.25, -0.2) is 4.98 Å². The lowest BCUT2D eigenvalue weighted by atomic mass is 9.95. The highest BCUT2D eigenvalue weighted by Gasteiger charge is 2.19. The second-order valence-corrected chi connectivity index (χ2v) is 6.27. The number of likely N-dealkylation sites (tertiary alicyclic amines) is 1. The molecule has 1 aliphatic rings. The minimum atomic E-state index is 0.677. The van der Waals surface area contributed by atoms with Crippen molar-refractivity contribution < 1.29 is 0 Å². The molecular formula is C14H22BrN3. The van der Waals surface area contributed by atoms with Crippen LogP contribution in [0.15, 0.2) is 17.0 Å². The van der Waals surface area contributed by atoms with Crippen LogP contribution in [0.3, 0.4) is 0 Å². The Hall–Kier alpha value is -0.480. The van der Waals surface area contributed by atoms with Crippen LogP contribution in [0.5, 0.6) is 0 Å². The van der Waals surface area contributed by atoms with Crippen molar-refractivity contribution in [1.29, 1.82) is 0 Å². The summed E-state index contributed by atoms with van der Waals surface area (Å²) in [6.07, 6.45) is 8.69. The monoisotopic (exact) mass is 311 g/mol. The maximum absolute atomic E-state index is 4.43. The minimum absolute atomic E-state index is 0.677. The van der Waals surface area contributed by atoms with Crippen LogP contribution in [0.25, 0.3) is 0 Å². The second kappa shape index (κ2) is 6.62. The maximum atomic E-state index is 4.43. The van der Waals surface area contributed by atoms with E-state index in [2.05, 4.69) is 44.6 Å². The fraction of sp³-hybridized carbons (Fsp3) is 0.714. The van der Waals surface area contributed by atoms with Crippen LogP contribution in [0.4, 0.5) is 0 Å². The Bertz CT molecular complexity index is 364. The van der Waals surface area contributed by atoms with Gasteiger partial charge in [-0.15, -0.1) is 0 Å². The Kier molecular flexibility index (Phi) is 5.13. The zero-order valence-corrected chi connectivity index (χ0v) is 12.9. The van der Waals surface area contributed by atoms with Gasteiger partial charge in [-0.05, 0) is 74.5 Å². The predicted molar refractivity (Wildman–Crippen MR) is 77.5 cm³/mol. The highest BCUT2D eigenvalue weighted by atomic mass is 79.9. The lowest BCUT2D eigenvalue weighted by molar-refractivity contribution is 0.228. The van der Waals surface area contributed by atoms with Crippen molar-refractivity contribution in [2.75, 3.05) is 13.1 Å². The summed E-state index contributed by atoms with van der Waals surface area (Å²) in [5.74, 6) is 0.768. The first kappa shape index (κ1) is 13.9. The summed E-state index contributed by atoms with van der Waals surface area (Å²) in [5, 5.41) is 0. The van der Waals surface area contributed by atoms with Crippen molar-refractivity contribution in [2.45, 2.75) is 45.6 Å². The molecule has 0 spiro atoms. The average Bonchev–Trinajstić information content (AvgIpc) is 2.58. The molecular weight excluding hydrogens is 290 g/mol. The van der Waals surface area contributed by atoms with Gasteiger partial charge in [-0.1, -0.05) is 0 Å². The van der Waals surface area contributed by atoms with Gasteiger partial charge in [-0.3, -0.25) is 4.98 Å². The zero-order valence-electron chi connectivity index (χ0n) is 11.3. The molecule has 0 saturated carbocycles. The Balaban J connectivity index is 1.88. The number of hydrogen-bond acceptors (Lipinski definition) is 3. The molecule has 1 aromatic heterocycles. The molecule has 1 aromatic rings. The molecule has 0 aromatic carbocycles. The molecule has 4 heteroatoms. The number of nitrogens with zero attached hydrogens (tertiary/aromatic N) is 3. The quantitative estimate of drug-likeness (QED) is 0.857. The van der Waals surface area contributed by atoms with Gasteiger partial charge in [0.15, 0.2) is 0 Å². The molecule has 0 N–H and O–H groups in total. The average molecular weight is 312 g/mol. The smallest absolute Gasteiger partial charge is 0.124 e. The number of hydrogen-bond donors (Lipinski definition) is 0. The molecule has 2 heterocycles. The van der Waals surface area contributed by atoms with Gasteiger partial charge in [0, 0.05) is 12.2 Å². The number of rotatable bonds is 3. The lowest BCUT2D eigenvalue weighted by Gasteiger charge is -2.24. The fourth-order valence-electron chi connectivity index (χ4n) is 2.65. The fourth-order valence-corrected chi connectivity index (χ4v) is 2.85. The molecule has 18 heavy (non-hydrogen) atoms. The Labute approximate surface area is 118 Å². The van der Waals surface area contributed by atoms with Gasteiger partial charge in [0.05, 0.1) is 11.9 Å². The van der Waals surface area contributed by atoms with E-state index in [0.29, 0.717) is 6.04 Å². The summed E-state index contributed by atoms with van der Waals surface area (Å²) in [6.45, 7) is 7.06. The highest BCUT2D eigenvalue weighted by Crippen LogP contribution is 2.22. The molecule has 0 bridgehead atoms. The van der Waals surface area contributed by atoms with E-state index in [1.54, 1.807) is 6.20 Å². The normalized spacial score (nSPS) is 22.1. The highest BCUT2D eigenvalue weighted by molar-refractivity contribution is 9.10. The molecule has 1 atom stereocenters. The molecule has 1 saturated heterocycles. The van der Waals surface area contributed by atoms with Gasteiger partial charge in [0.1, 0.15) is 4.60 Å². The maximum Gasteiger partial charge on any atom is 0.124 e. The van der Waals surface area contributed by atoms with Gasteiger partial charge < -0.3 is 4.90 Å². The lowest BCUT2D eigenvalue weighted by Crippen LogP contribution is -2.31. The number of halogens is 1. The van der Waals surface area contributed by atoms with E-state index < -0.39 is 0 Å². The Morgan fingerprint density at radius 2 is 2.11 bits per heavy atom. The van der Waals surface area contributed by atoms with Crippen LogP contribution >= 0.6 is 15.9 Å². The largest absolute Gasteiger partial charge is 0.301 e. The van der Waals surface area contributed by atoms with Crippen LogP contribution in [0.1, 0.15) is 38.8 Å². The molecule has 3 nitrogen and oxygen atoms in total. The van der Waals surface area contributed by atoms with Gasteiger partial charge in [-0.2, -0.15) is 0 Å². The molecule has 1 aliphatic heterocycles. The van der Waals surface area contributed by atoms with Crippen molar-refractivity contribution in [3.8, 4) is 0 Å². The summed E-state index contributed by atoms with van der Waals surface area (Å²) >= 11 is 3.33. The molecule has 2 rings (SSSR count). The summed E-state index contributed by atoms with van der Waals surface area (Å²) in [7, 11) is 0. The van der Waals surface area contributed by atoms with Crippen molar-refractivity contribution >= 4 is 15.9 Å². The summed E-state index contributed by atoms with van der Waals surface area (Å²) in [4.78, 5) is 11.3. The zero-order chi connectivity index (χ0) is 13.0. The first-order chi connectivity index (χ1) is 8.65. The van der Waals surface area contributed by atoms with Gasteiger partial charge >= 0.3 is 0 Å². The van der Waals surface area contributed by atoms with E-state index in [-0.39, 0.29) is 0 Å². The molecule has 0 unspecified atom stereocenters. The standard InChI is InChI=1S/C14H22BrN3/c1-11(2)18-6-3-4-12(5-7-18)8-13-9-17-14(15)10-16-13/h9-12H,3-8H2,1-2H3/t12-/m0/s1. The van der Waals surface area contributed by atoms with E-state index in [4.69, 9.17) is 0 Å². The topological polar surface area (TPSA) is 29.0 Å². The molecule has 1 fully saturated rings. The van der Waals surface area contributed by atoms with E-state index in [1.807, 2.05) is 6.20 Å². The van der Waals surface area contributed by atoms with E-state index in [1.165, 1.54) is 32.4 Å². The third kappa shape index (κ3) is 4.02. The summed E-state index contributed by atoms with van der Waals surface area (Å²) < 4.78 is 0.818. The van der Waals surface area contributed by atoms with Crippen molar-refractivity contribution in [3.05, 3.63) is 22.7 Å². The predicted octanol–water partition coefficient (Wildman–Crippen LogP) is 3.29. The Morgan fingerprint density at radius 3 is 2.78 bits per heavy atom. The van der Waals surface area contributed by atoms with Crippen molar-refractivity contribution in [1.82, 2.24) is 14.9 Å². The van der Waals surface area contributed by atoms with E-state index >= 15 is 0 Å². The third-order valence-corrected chi connectivity index (χ3v) is 4.19. The van der Waals surface area contributed by atoms with Gasteiger partial charge in [0.25, 0.3) is 0 Å². The van der Waals surface area contributed by atoms with E-state index in [0.717, 1.165) is 22.6 Å². The summed E-state index contributed by atoms with van der Waals surface area (Å²) in [5.41, 5.74) is 1.13. The summed E-state index contributed by atoms with van der Waals surface area (Å²) in [6, 6.07) is 0.677. The van der Waals surface area contributed by atoms with Crippen molar-refractivity contribution in [3.63, 3.8) is 0 Å². The molecule has 0 amide bonds. The number of aromatic nitrogens is 2. The first-order valence-electron chi connectivity index (χ1n) is 6.85. The second-order valence-electron chi connectivity index (χ2n) is 5.46. The van der Waals surface area contributed by atoms with Crippen LogP contribution in [0.2, 0.25) is 0 Å². The van der Waals surface area contributed by atoms with Crippen LogP contribution in [-0.2, 0) is 6.42 Å². The van der Waals surface area contributed by atoms with Crippen LogP contribution in [-0.4, -0.2) is 34.0 Å². The van der Waals surface area contributed by atoms with Crippen LogP contribution in [0, 0.1) is 5.92 Å². The van der Waals surface area contributed by atoms with Crippen molar-refractivity contribution in [2.24, 2.45) is 5.92 Å². The van der Waals surface area contributed by atoms with Crippen LogP contribution < -0.4 is 0 Å². The molecule has 100 valence electrons.